The Morgan fingerprint density at radius 3 is 2.15 bits per heavy atom. The average Bonchev–Trinajstić information content (AvgIpc) is 2.80. The van der Waals surface area contributed by atoms with Gasteiger partial charge in [0.2, 0.25) is 17.7 Å². The lowest BCUT2D eigenvalue weighted by atomic mass is 9.95. The predicted octanol–water partition coefficient (Wildman–Crippen LogP) is 4.47. The number of alkyl carbamates (subject to hydrolysis) is 1. The number of carbonyl (C=O) groups is 4. The van der Waals surface area contributed by atoms with Gasteiger partial charge >= 0.3 is 6.09 Å². The normalized spacial score (nSPS) is 14.6. The lowest BCUT2D eigenvalue weighted by molar-refractivity contribution is -0.146. The van der Waals surface area contributed by atoms with E-state index in [1.54, 1.807) is 39.8 Å². The largest absolute Gasteiger partial charge is 0.508 e. The number of hydrogen-bond acceptors (Lipinski definition) is 6. The number of phenols is 1. The van der Waals surface area contributed by atoms with Crippen molar-refractivity contribution in [3.05, 3.63) is 29.3 Å². The average molecular weight is 563 g/mol. The van der Waals surface area contributed by atoms with E-state index in [4.69, 9.17) is 10.5 Å². The quantitative estimate of drug-likeness (QED) is 0.263. The van der Waals surface area contributed by atoms with Crippen molar-refractivity contribution in [1.82, 2.24) is 15.5 Å². The zero-order chi connectivity index (χ0) is 30.8. The van der Waals surface area contributed by atoms with Crippen LogP contribution in [0.3, 0.4) is 0 Å². The van der Waals surface area contributed by atoms with Crippen LogP contribution in [0.25, 0.3) is 0 Å². The summed E-state index contributed by atoms with van der Waals surface area (Å²) in [6.07, 6.45) is 1.61. The molecule has 4 unspecified atom stereocenters. The van der Waals surface area contributed by atoms with E-state index in [1.165, 1.54) is 11.0 Å². The smallest absolute Gasteiger partial charge is 0.408 e. The highest BCUT2D eigenvalue weighted by atomic mass is 16.6. The molecule has 1 aromatic rings. The molecular formula is C30H50N4O6. The summed E-state index contributed by atoms with van der Waals surface area (Å²) in [7, 11) is 0. The molecule has 0 aromatic heterocycles. The number of phenolic OH excluding ortho intramolecular Hbond substituents is 1. The molecule has 0 aliphatic carbocycles. The molecule has 1 aromatic carbocycles. The van der Waals surface area contributed by atoms with Gasteiger partial charge in [-0.15, -0.1) is 0 Å². The molecule has 40 heavy (non-hydrogen) atoms. The molecule has 0 saturated carbocycles. The Morgan fingerprint density at radius 2 is 1.65 bits per heavy atom. The van der Waals surface area contributed by atoms with E-state index in [0.717, 1.165) is 19.3 Å². The third-order valence-electron chi connectivity index (χ3n) is 6.46. The monoisotopic (exact) mass is 562 g/mol. The molecule has 10 heteroatoms. The number of ether oxygens (including phenoxy) is 1. The van der Waals surface area contributed by atoms with Crippen LogP contribution in [0.1, 0.15) is 105 Å². The Labute approximate surface area is 239 Å². The molecule has 0 fully saturated rings. The lowest BCUT2D eigenvalue weighted by Crippen LogP contribution is -2.56. The van der Waals surface area contributed by atoms with E-state index >= 15 is 0 Å². The standard InChI is InChI=1S/C30H50N4O6/c1-10-11-20(5)32-27(37)26(22-14-15-24(35)19(4)16-22)34(21(6)13-12-18(2)3)28(38)23(17-25(31)36)33-29(39)40-30(7,8)9/h14-16,18,20-21,23,26,35H,10-13,17H2,1-9H3,(H2,31,36)(H,32,37)(H,33,39). The van der Waals surface area contributed by atoms with Gasteiger partial charge in [0.05, 0.1) is 6.42 Å². The summed E-state index contributed by atoms with van der Waals surface area (Å²) >= 11 is 0. The van der Waals surface area contributed by atoms with Gasteiger partial charge in [0.15, 0.2) is 0 Å². The van der Waals surface area contributed by atoms with Crippen LogP contribution < -0.4 is 16.4 Å². The number of nitrogens with one attached hydrogen (secondary N) is 2. The molecule has 0 saturated heterocycles. The minimum atomic E-state index is -1.35. The first kappa shape index (κ1) is 34.7. The Kier molecular flexibility index (Phi) is 13.4. The van der Waals surface area contributed by atoms with Gasteiger partial charge in [0.1, 0.15) is 23.4 Å². The number of amides is 4. The van der Waals surface area contributed by atoms with Crippen molar-refractivity contribution >= 4 is 23.8 Å². The molecule has 1 rings (SSSR count). The van der Waals surface area contributed by atoms with E-state index in [-0.39, 0.29) is 11.8 Å². The fourth-order valence-electron chi connectivity index (χ4n) is 4.46. The predicted molar refractivity (Wildman–Crippen MR) is 155 cm³/mol. The van der Waals surface area contributed by atoms with Crippen molar-refractivity contribution in [2.24, 2.45) is 11.7 Å². The first-order chi connectivity index (χ1) is 18.5. The molecule has 5 N–H and O–H groups in total. The van der Waals surface area contributed by atoms with Crippen molar-refractivity contribution < 1.29 is 29.0 Å². The van der Waals surface area contributed by atoms with Gasteiger partial charge < -0.3 is 31.1 Å². The summed E-state index contributed by atoms with van der Waals surface area (Å²) in [5.74, 6) is -1.41. The van der Waals surface area contributed by atoms with E-state index in [9.17, 15) is 24.3 Å². The van der Waals surface area contributed by atoms with Gasteiger partial charge in [0, 0.05) is 12.1 Å². The molecular weight excluding hydrogens is 512 g/mol. The number of rotatable bonds is 14. The minimum Gasteiger partial charge on any atom is -0.508 e. The maximum Gasteiger partial charge on any atom is 0.408 e. The molecule has 4 atom stereocenters. The molecule has 0 aliphatic rings. The third-order valence-corrected chi connectivity index (χ3v) is 6.46. The fraction of sp³-hybridized carbons (Fsp3) is 0.667. The Hall–Kier alpha value is -3.30. The highest BCUT2D eigenvalue weighted by Crippen LogP contribution is 2.30. The van der Waals surface area contributed by atoms with Gasteiger partial charge in [-0.1, -0.05) is 33.3 Å². The van der Waals surface area contributed by atoms with E-state index < -0.39 is 54.0 Å². The summed E-state index contributed by atoms with van der Waals surface area (Å²) < 4.78 is 5.34. The van der Waals surface area contributed by atoms with Crippen molar-refractivity contribution in [3.63, 3.8) is 0 Å². The van der Waals surface area contributed by atoms with Crippen LogP contribution in [0.5, 0.6) is 5.75 Å². The van der Waals surface area contributed by atoms with Crippen LogP contribution >= 0.6 is 0 Å². The third kappa shape index (κ3) is 11.4. The molecule has 0 radical (unpaired) electrons. The summed E-state index contributed by atoms with van der Waals surface area (Å²) in [4.78, 5) is 54.3. The van der Waals surface area contributed by atoms with Gasteiger partial charge in [-0.05, 0) is 90.0 Å². The SMILES string of the molecule is CCCC(C)NC(=O)C(c1ccc(O)c(C)c1)N(C(=O)C(CC(N)=O)NC(=O)OC(C)(C)C)C(C)CCC(C)C. The van der Waals surface area contributed by atoms with Gasteiger partial charge in [0.25, 0.3) is 0 Å². The second-order valence-corrected chi connectivity index (χ2v) is 12.1. The number of benzene rings is 1. The van der Waals surface area contributed by atoms with Crippen LogP contribution in [-0.2, 0) is 19.1 Å². The number of hydrogen-bond donors (Lipinski definition) is 4. The summed E-state index contributed by atoms with van der Waals surface area (Å²) in [5, 5.41) is 15.7. The van der Waals surface area contributed by atoms with Gasteiger partial charge in [-0.2, -0.15) is 0 Å². The number of nitrogens with zero attached hydrogens (tertiary/aromatic N) is 1. The molecule has 10 nitrogen and oxygen atoms in total. The zero-order valence-electron chi connectivity index (χ0n) is 25.7. The Balaban J connectivity index is 3.70. The van der Waals surface area contributed by atoms with E-state index in [0.29, 0.717) is 23.5 Å². The van der Waals surface area contributed by atoms with Crippen LogP contribution in [0.4, 0.5) is 4.79 Å². The second-order valence-electron chi connectivity index (χ2n) is 12.1. The van der Waals surface area contributed by atoms with Crippen molar-refractivity contribution in [2.45, 2.75) is 124 Å². The highest BCUT2D eigenvalue weighted by Gasteiger charge is 2.39. The maximum absolute atomic E-state index is 14.3. The highest BCUT2D eigenvalue weighted by molar-refractivity contribution is 5.94. The number of primary amides is 1. The van der Waals surface area contributed by atoms with E-state index in [1.807, 2.05) is 20.8 Å². The van der Waals surface area contributed by atoms with Gasteiger partial charge in [-0.3, -0.25) is 14.4 Å². The number of aryl methyl sites for hydroxylation is 1. The van der Waals surface area contributed by atoms with Crippen molar-refractivity contribution in [2.75, 3.05) is 0 Å². The van der Waals surface area contributed by atoms with Crippen LogP contribution in [0, 0.1) is 12.8 Å². The molecule has 0 heterocycles. The number of nitrogens with two attached hydrogens (primary N) is 1. The maximum atomic E-state index is 14.3. The molecule has 226 valence electrons. The van der Waals surface area contributed by atoms with Crippen LogP contribution in [-0.4, -0.2) is 57.5 Å². The molecule has 0 bridgehead atoms. The molecule has 0 aliphatic heterocycles. The summed E-state index contributed by atoms with van der Waals surface area (Å²) in [6.45, 7) is 16.7. The summed E-state index contributed by atoms with van der Waals surface area (Å²) in [5.41, 5.74) is 5.68. The lowest BCUT2D eigenvalue weighted by Gasteiger charge is -2.39. The van der Waals surface area contributed by atoms with Crippen molar-refractivity contribution in [1.29, 1.82) is 0 Å². The first-order valence-corrected chi connectivity index (χ1v) is 14.2. The zero-order valence-corrected chi connectivity index (χ0v) is 25.7. The summed E-state index contributed by atoms with van der Waals surface area (Å²) in [6, 6.07) is 1.72. The topological polar surface area (TPSA) is 151 Å². The molecule has 4 amide bonds. The number of carbonyl (C=O) groups excluding carboxylic acids is 4. The molecule has 0 spiro atoms. The Morgan fingerprint density at radius 1 is 1.02 bits per heavy atom. The van der Waals surface area contributed by atoms with Crippen LogP contribution in [0.2, 0.25) is 0 Å². The van der Waals surface area contributed by atoms with Crippen molar-refractivity contribution in [3.8, 4) is 5.75 Å². The van der Waals surface area contributed by atoms with Gasteiger partial charge in [-0.25, -0.2) is 4.79 Å². The second kappa shape index (κ2) is 15.5. The fourth-order valence-corrected chi connectivity index (χ4v) is 4.46. The minimum absolute atomic E-state index is 0.0613. The number of aromatic hydroxyl groups is 1. The van der Waals surface area contributed by atoms with E-state index in [2.05, 4.69) is 24.5 Å². The first-order valence-electron chi connectivity index (χ1n) is 14.2. The van der Waals surface area contributed by atoms with Crippen LogP contribution in [0.15, 0.2) is 18.2 Å². The Bertz CT molecular complexity index is 1020.